The first-order chi connectivity index (χ1) is 12.0. The van der Waals surface area contributed by atoms with Gasteiger partial charge in [-0.05, 0) is 18.4 Å². The monoisotopic (exact) mass is 472 g/mol. The summed E-state index contributed by atoms with van der Waals surface area (Å²) >= 11 is 0. The third-order valence-electron chi connectivity index (χ3n) is 5.86. The van der Waals surface area contributed by atoms with Crippen molar-refractivity contribution in [2.75, 3.05) is 46.8 Å². The van der Waals surface area contributed by atoms with Gasteiger partial charge in [0.25, 0.3) is 0 Å². The molecule has 1 saturated carbocycles. The van der Waals surface area contributed by atoms with Crippen LogP contribution in [0.1, 0.15) is 43.8 Å². The predicted octanol–water partition coefficient (Wildman–Crippen LogP) is 0.247. The quantitative estimate of drug-likeness (QED) is 0.350. The Labute approximate surface area is 175 Å². The molecule has 0 aromatic heterocycles. The molecule has 2 fully saturated rings. The van der Waals surface area contributed by atoms with Crippen molar-refractivity contribution >= 4 is 5.97 Å². The highest BCUT2D eigenvalue weighted by Crippen LogP contribution is 2.37. The molecule has 4 nitrogen and oxygen atoms in total. The molecule has 0 spiro atoms. The molecule has 1 heterocycles. The van der Waals surface area contributed by atoms with Crippen molar-refractivity contribution in [3.8, 4) is 0 Å². The molecule has 26 heavy (non-hydrogen) atoms. The van der Waals surface area contributed by atoms with Crippen LogP contribution >= 0.6 is 0 Å². The van der Waals surface area contributed by atoms with E-state index in [9.17, 15) is 4.79 Å². The smallest absolute Gasteiger partial charge is 0.320 e. The zero-order chi connectivity index (χ0) is 17.7. The highest BCUT2D eigenvalue weighted by Gasteiger charge is 2.30. The summed E-state index contributed by atoms with van der Waals surface area (Å²) in [5.74, 6) is 0.406. The number of hydrogen-bond donors (Lipinski definition) is 0. The Bertz CT molecular complexity index is 548. The summed E-state index contributed by atoms with van der Waals surface area (Å²) in [4.78, 5) is 14.9. The van der Waals surface area contributed by atoms with Gasteiger partial charge in [-0.25, -0.2) is 0 Å². The van der Waals surface area contributed by atoms with Crippen LogP contribution in [0, 0.1) is 5.92 Å². The van der Waals surface area contributed by atoms with Crippen LogP contribution in [-0.2, 0) is 9.53 Å². The number of halogens is 1. The van der Waals surface area contributed by atoms with Crippen LogP contribution in [0.2, 0.25) is 0 Å². The van der Waals surface area contributed by atoms with Gasteiger partial charge < -0.3 is 33.2 Å². The molecule has 1 atom stereocenters. The summed E-state index contributed by atoms with van der Waals surface area (Å²) < 4.78 is 7.09. The standard InChI is InChI=1S/C21H33N2O2.HI/c1-23(2)15-13-22(14-16-23)17-20(24)25-21(18-9-5-3-6-10-18)19-11-7-4-8-12-19;/h3,5-6,9-10,19,21H,4,7-8,11-17H2,1-2H3;1H/q+1;/p-1. The summed E-state index contributed by atoms with van der Waals surface area (Å²) in [6.45, 7) is 4.56. The van der Waals surface area contributed by atoms with E-state index in [1.807, 2.05) is 18.2 Å². The number of ether oxygens (including phenoxy) is 1. The molecule has 0 bridgehead atoms. The van der Waals surface area contributed by atoms with Crippen LogP contribution < -0.4 is 24.0 Å². The minimum Gasteiger partial charge on any atom is -1.00 e. The van der Waals surface area contributed by atoms with Gasteiger partial charge in [0.15, 0.2) is 0 Å². The van der Waals surface area contributed by atoms with Gasteiger partial charge in [-0.15, -0.1) is 0 Å². The molecule has 1 aliphatic carbocycles. The second-order valence-corrected chi connectivity index (χ2v) is 8.38. The van der Waals surface area contributed by atoms with Crippen LogP contribution in [0.3, 0.4) is 0 Å². The maximum absolute atomic E-state index is 12.6. The molecule has 1 aromatic rings. The first-order valence-corrected chi connectivity index (χ1v) is 9.82. The normalized spacial score (nSPS) is 22.2. The van der Waals surface area contributed by atoms with Crippen LogP contribution in [-0.4, -0.2) is 62.2 Å². The van der Waals surface area contributed by atoms with E-state index in [0.29, 0.717) is 12.5 Å². The topological polar surface area (TPSA) is 29.5 Å². The lowest BCUT2D eigenvalue weighted by molar-refractivity contribution is -0.894. The van der Waals surface area contributed by atoms with E-state index >= 15 is 0 Å². The van der Waals surface area contributed by atoms with Crippen molar-refractivity contribution in [2.24, 2.45) is 5.92 Å². The number of rotatable bonds is 5. The van der Waals surface area contributed by atoms with Gasteiger partial charge in [0.2, 0.25) is 0 Å². The molecular weight excluding hydrogens is 439 g/mol. The summed E-state index contributed by atoms with van der Waals surface area (Å²) in [5, 5.41) is 0. The summed E-state index contributed by atoms with van der Waals surface area (Å²) in [5.41, 5.74) is 1.15. The first kappa shape index (κ1) is 21.6. The average molecular weight is 472 g/mol. The Morgan fingerprint density at radius 2 is 1.73 bits per heavy atom. The van der Waals surface area contributed by atoms with Crippen molar-refractivity contribution in [3.05, 3.63) is 35.9 Å². The molecule has 1 saturated heterocycles. The molecule has 2 aliphatic rings. The molecule has 1 aliphatic heterocycles. The largest absolute Gasteiger partial charge is 1.00 e. The fourth-order valence-corrected chi connectivity index (χ4v) is 4.08. The van der Waals surface area contributed by atoms with Gasteiger partial charge in [0, 0.05) is 19.0 Å². The van der Waals surface area contributed by atoms with Gasteiger partial charge >= 0.3 is 5.97 Å². The Kier molecular flexibility index (Phi) is 8.36. The molecule has 0 amide bonds. The number of piperazine rings is 1. The van der Waals surface area contributed by atoms with Crippen LogP contribution in [0.25, 0.3) is 0 Å². The van der Waals surface area contributed by atoms with Crippen LogP contribution in [0.15, 0.2) is 30.3 Å². The van der Waals surface area contributed by atoms with E-state index in [1.54, 1.807) is 0 Å². The summed E-state index contributed by atoms with van der Waals surface area (Å²) in [7, 11) is 4.51. The number of esters is 1. The van der Waals surface area contributed by atoms with E-state index in [0.717, 1.165) is 36.2 Å². The fraction of sp³-hybridized carbons (Fsp3) is 0.667. The van der Waals surface area contributed by atoms with Crippen LogP contribution in [0.4, 0.5) is 0 Å². The second kappa shape index (κ2) is 10.0. The molecule has 0 radical (unpaired) electrons. The number of carbonyl (C=O) groups excluding carboxylic acids is 1. The van der Waals surface area contributed by atoms with Gasteiger partial charge in [-0.1, -0.05) is 49.6 Å². The molecule has 1 unspecified atom stereocenters. The van der Waals surface area contributed by atoms with Crippen molar-refractivity contribution < 1.29 is 38.0 Å². The SMILES string of the molecule is C[N+]1(C)CCN(CC(=O)OC(c2ccccc2)C2CCCCC2)CC1.[I-]. The Morgan fingerprint density at radius 1 is 1.12 bits per heavy atom. The number of quaternary nitrogens is 1. The van der Waals surface area contributed by atoms with Gasteiger partial charge in [-0.2, -0.15) is 0 Å². The minimum absolute atomic E-state index is 0. The Morgan fingerprint density at radius 3 is 2.35 bits per heavy atom. The Hall–Kier alpha value is -0.660. The second-order valence-electron chi connectivity index (χ2n) is 8.38. The van der Waals surface area contributed by atoms with Gasteiger partial charge in [0.05, 0.1) is 33.7 Å². The average Bonchev–Trinajstić information content (AvgIpc) is 2.63. The molecule has 5 heteroatoms. The van der Waals surface area contributed by atoms with Crippen molar-refractivity contribution in [3.63, 3.8) is 0 Å². The third kappa shape index (κ3) is 6.20. The van der Waals surface area contributed by atoms with Crippen molar-refractivity contribution in [1.82, 2.24) is 4.90 Å². The number of nitrogens with zero attached hydrogens (tertiary/aromatic N) is 2. The summed E-state index contributed by atoms with van der Waals surface area (Å²) in [6, 6.07) is 10.3. The predicted molar refractivity (Wildman–Crippen MR) is 100 cm³/mol. The van der Waals surface area contributed by atoms with E-state index in [2.05, 4.69) is 31.1 Å². The zero-order valence-corrected chi connectivity index (χ0v) is 18.4. The fourth-order valence-electron chi connectivity index (χ4n) is 4.08. The lowest BCUT2D eigenvalue weighted by Gasteiger charge is -2.39. The van der Waals surface area contributed by atoms with Crippen molar-refractivity contribution in [1.29, 1.82) is 0 Å². The zero-order valence-electron chi connectivity index (χ0n) is 16.2. The summed E-state index contributed by atoms with van der Waals surface area (Å²) in [6.07, 6.45) is 6.08. The third-order valence-corrected chi connectivity index (χ3v) is 5.86. The van der Waals surface area contributed by atoms with Gasteiger partial charge in [0.1, 0.15) is 6.10 Å². The number of likely N-dealkylation sites (N-methyl/N-ethyl adjacent to an activating group) is 1. The molecule has 146 valence electrons. The minimum atomic E-state index is -0.0778. The molecule has 0 N–H and O–H groups in total. The van der Waals surface area contributed by atoms with Crippen molar-refractivity contribution in [2.45, 2.75) is 38.2 Å². The lowest BCUT2D eigenvalue weighted by Crippen LogP contribution is -3.00. The van der Waals surface area contributed by atoms with E-state index in [1.165, 1.54) is 32.1 Å². The maximum Gasteiger partial charge on any atom is 0.320 e. The Balaban J connectivity index is 0.00000243. The molecule has 3 rings (SSSR count). The van der Waals surface area contributed by atoms with E-state index in [-0.39, 0.29) is 36.0 Å². The number of benzene rings is 1. The number of hydrogen-bond acceptors (Lipinski definition) is 3. The number of carbonyl (C=O) groups is 1. The lowest BCUT2D eigenvalue weighted by atomic mass is 9.82. The molecular formula is C21H33IN2O2. The van der Waals surface area contributed by atoms with E-state index in [4.69, 9.17) is 4.74 Å². The van der Waals surface area contributed by atoms with Gasteiger partial charge in [-0.3, -0.25) is 9.69 Å². The highest BCUT2D eigenvalue weighted by molar-refractivity contribution is 5.72. The maximum atomic E-state index is 12.6. The van der Waals surface area contributed by atoms with Crippen LogP contribution in [0.5, 0.6) is 0 Å². The highest BCUT2D eigenvalue weighted by atomic mass is 127. The first-order valence-electron chi connectivity index (χ1n) is 9.82. The molecule has 1 aromatic carbocycles. The van der Waals surface area contributed by atoms with E-state index < -0.39 is 0 Å².